The molecule has 3 amide bonds. The van der Waals surface area contributed by atoms with Gasteiger partial charge >= 0.3 is 6.03 Å². The second-order valence-electron chi connectivity index (χ2n) is 2.96. The maximum atomic E-state index is 11.2. The average Bonchev–Trinajstić information content (AvgIpc) is 2.51. The van der Waals surface area contributed by atoms with E-state index in [1.54, 1.807) is 18.3 Å². The van der Waals surface area contributed by atoms with Crippen LogP contribution in [0.1, 0.15) is 5.69 Å². The predicted molar refractivity (Wildman–Crippen MR) is 48.2 cm³/mol. The SMILES string of the molecule is O=C1CNC(=O)N1Cc1ccccn1. The second-order valence-corrected chi connectivity index (χ2v) is 2.96. The predicted octanol–water partition coefficient (Wildman–Crippen LogP) is 0.133. The lowest BCUT2D eigenvalue weighted by Gasteiger charge is -2.10. The normalized spacial score (nSPS) is 15.9. The molecule has 0 saturated carbocycles. The molecule has 5 heteroatoms. The number of carbonyl (C=O) groups excluding carboxylic acids is 2. The molecule has 1 aliphatic rings. The number of hydrogen-bond acceptors (Lipinski definition) is 3. The fourth-order valence-electron chi connectivity index (χ4n) is 1.27. The van der Waals surface area contributed by atoms with E-state index in [0.717, 1.165) is 4.90 Å². The molecule has 2 heterocycles. The zero-order valence-electron chi connectivity index (χ0n) is 7.43. The van der Waals surface area contributed by atoms with Crippen LogP contribution in [0.25, 0.3) is 0 Å². The number of imide groups is 1. The monoisotopic (exact) mass is 191 g/mol. The van der Waals surface area contributed by atoms with E-state index in [-0.39, 0.29) is 25.0 Å². The van der Waals surface area contributed by atoms with E-state index in [1.165, 1.54) is 0 Å². The number of pyridine rings is 1. The van der Waals surface area contributed by atoms with Gasteiger partial charge in [0.05, 0.1) is 18.8 Å². The van der Waals surface area contributed by atoms with Crippen LogP contribution in [0.2, 0.25) is 0 Å². The molecule has 0 radical (unpaired) electrons. The summed E-state index contributed by atoms with van der Waals surface area (Å²) in [6.07, 6.45) is 1.63. The third kappa shape index (κ3) is 1.56. The van der Waals surface area contributed by atoms with Gasteiger partial charge in [-0.1, -0.05) is 6.07 Å². The van der Waals surface area contributed by atoms with Crippen LogP contribution in [0.3, 0.4) is 0 Å². The van der Waals surface area contributed by atoms with Crippen molar-refractivity contribution in [2.24, 2.45) is 0 Å². The highest BCUT2D eigenvalue weighted by Gasteiger charge is 2.28. The van der Waals surface area contributed by atoms with Crippen LogP contribution in [-0.2, 0) is 11.3 Å². The Morgan fingerprint density at radius 3 is 2.86 bits per heavy atom. The first-order valence-corrected chi connectivity index (χ1v) is 4.25. The molecule has 1 aromatic heterocycles. The minimum absolute atomic E-state index is 0.0890. The van der Waals surface area contributed by atoms with Gasteiger partial charge in [0.25, 0.3) is 0 Å². The van der Waals surface area contributed by atoms with Crippen molar-refractivity contribution in [1.82, 2.24) is 15.2 Å². The zero-order chi connectivity index (χ0) is 9.97. The first-order chi connectivity index (χ1) is 6.77. The molecule has 14 heavy (non-hydrogen) atoms. The van der Waals surface area contributed by atoms with E-state index in [0.29, 0.717) is 5.69 Å². The van der Waals surface area contributed by atoms with Crippen molar-refractivity contribution in [3.05, 3.63) is 30.1 Å². The number of nitrogens with one attached hydrogen (secondary N) is 1. The number of rotatable bonds is 2. The van der Waals surface area contributed by atoms with E-state index >= 15 is 0 Å². The molecular weight excluding hydrogens is 182 g/mol. The van der Waals surface area contributed by atoms with Crippen LogP contribution in [-0.4, -0.2) is 28.4 Å². The summed E-state index contributed by atoms with van der Waals surface area (Å²) in [6.45, 7) is 0.331. The number of urea groups is 1. The van der Waals surface area contributed by atoms with Crippen molar-refractivity contribution in [3.8, 4) is 0 Å². The molecule has 1 fully saturated rings. The molecule has 2 rings (SSSR count). The van der Waals surface area contributed by atoms with E-state index < -0.39 is 0 Å². The standard InChI is InChI=1S/C9H9N3O2/c13-8-5-11-9(14)12(8)6-7-3-1-2-4-10-7/h1-4H,5-6H2,(H,11,14). The van der Waals surface area contributed by atoms with Crippen LogP contribution in [0, 0.1) is 0 Å². The van der Waals surface area contributed by atoms with E-state index in [2.05, 4.69) is 10.3 Å². The Balaban J connectivity index is 2.11. The van der Waals surface area contributed by atoms with Gasteiger partial charge in [-0.15, -0.1) is 0 Å². The lowest BCUT2D eigenvalue weighted by Crippen LogP contribution is -2.30. The minimum atomic E-state index is -0.347. The lowest BCUT2D eigenvalue weighted by molar-refractivity contribution is -0.125. The number of carbonyl (C=O) groups is 2. The maximum Gasteiger partial charge on any atom is 0.324 e. The fraction of sp³-hybridized carbons (Fsp3) is 0.222. The summed E-state index contributed by atoms with van der Waals surface area (Å²) in [7, 11) is 0. The summed E-state index contributed by atoms with van der Waals surface area (Å²) in [5.74, 6) is -0.208. The Morgan fingerprint density at radius 2 is 2.29 bits per heavy atom. The maximum absolute atomic E-state index is 11.2. The Morgan fingerprint density at radius 1 is 1.43 bits per heavy atom. The highest BCUT2D eigenvalue weighted by Crippen LogP contribution is 2.05. The lowest BCUT2D eigenvalue weighted by atomic mass is 10.3. The molecule has 0 aliphatic carbocycles. The molecule has 0 bridgehead atoms. The molecular formula is C9H9N3O2. The van der Waals surface area contributed by atoms with E-state index in [9.17, 15) is 9.59 Å². The molecule has 0 atom stereocenters. The molecule has 1 aromatic rings. The van der Waals surface area contributed by atoms with Crippen LogP contribution in [0.5, 0.6) is 0 Å². The Bertz CT molecular complexity index is 348. The quantitative estimate of drug-likeness (QED) is 0.676. The van der Waals surface area contributed by atoms with Gasteiger partial charge in [0.1, 0.15) is 0 Å². The molecule has 0 aromatic carbocycles. The Labute approximate surface area is 80.7 Å². The minimum Gasteiger partial charge on any atom is -0.329 e. The molecule has 1 N–H and O–H groups in total. The van der Waals surface area contributed by atoms with Crippen LogP contribution in [0.15, 0.2) is 24.4 Å². The highest BCUT2D eigenvalue weighted by atomic mass is 16.2. The summed E-state index contributed by atoms with van der Waals surface area (Å²) in [6, 6.07) is 5.04. The molecule has 0 spiro atoms. The van der Waals surface area contributed by atoms with Crippen molar-refractivity contribution >= 4 is 11.9 Å². The van der Waals surface area contributed by atoms with Gasteiger partial charge in [-0.3, -0.25) is 14.7 Å². The molecule has 5 nitrogen and oxygen atoms in total. The summed E-state index contributed by atoms with van der Waals surface area (Å²) in [5.41, 5.74) is 0.706. The second kappa shape index (κ2) is 3.45. The van der Waals surface area contributed by atoms with Gasteiger partial charge in [0.15, 0.2) is 0 Å². The highest BCUT2D eigenvalue weighted by molar-refractivity contribution is 6.01. The van der Waals surface area contributed by atoms with Crippen LogP contribution < -0.4 is 5.32 Å². The zero-order valence-corrected chi connectivity index (χ0v) is 7.43. The largest absolute Gasteiger partial charge is 0.329 e. The topological polar surface area (TPSA) is 62.3 Å². The summed E-state index contributed by atoms with van der Waals surface area (Å²) < 4.78 is 0. The fourth-order valence-corrected chi connectivity index (χ4v) is 1.27. The molecule has 1 aliphatic heterocycles. The van der Waals surface area contributed by atoms with Crippen LogP contribution in [0.4, 0.5) is 4.79 Å². The molecule has 72 valence electrons. The van der Waals surface area contributed by atoms with Crippen molar-refractivity contribution in [2.75, 3.05) is 6.54 Å². The van der Waals surface area contributed by atoms with Crippen molar-refractivity contribution in [1.29, 1.82) is 0 Å². The van der Waals surface area contributed by atoms with E-state index in [1.807, 2.05) is 6.07 Å². The summed E-state index contributed by atoms with van der Waals surface area (Å²) in [4.78, 5) is 27.6. The van der Waals surface area contributed by atoms with Gasteiger partial charge in [0, 0.05) is 6.20 Å². The van der Waals surface area contributed by atoms with Gasteiger partial charge in [-0.25, -0.2) is 4.79 Å². The van der Waals surface area contributed by atoms with Crippen molar-refractivity contribution in [3.63, 3.8) is 0 Å². The van der Waals surface area contributed by atoms with Gasteiger partial charge in [-0.2, -0.15) is 0 Å². The Hall–Kier alpha value is -1.91. The molecule has 1 saturated heterocycles. The van der Waals surface area contributed by atoms with E-state index in [4.69, 9.17) is 0 Å². The third-order valence-electron chi connectivity index (χ3n) is 1.98. The smallest absolute Gasteiger partial charge is 0.324 e. The first-order valence-electron chi connectivity index (χ1n) is 4.25. The summed E-state index contributed by atoms with van der Waals surface area (Å²) >= 11 is 0. The average molecular weight is 191 g/mol. The molecule has 0 unspecified atom stereocenters. The number of hydrogen-bond donors (Lipinski definition) is 1. The summed E-state index contributed by atoms with van der Waals surface area (Å²) in [5, 5.41) is 2.45. The Kier molecular flexibility index (Phi) is 2.14. The van der Waals surface area contributed by atoms with Crippen molar-refractivity contribution in [2.45, 2.75) is 6.54 Å². The third-order valence-corrected chi connectivity index (χ3v) is 1.98. The van der Waals surface area contributed by atoms with Crippen LogP contribution >= 0.6 is 0 Å². The van der Waals surface area contributed by atoms with Gasteiger partial charge < -0.3 is 5.32 Å². The number of nitrogens with zero attached hydrogens (tertiary/aromatic N) is 2. The van der Waals surface area contributed by atoms with Crippen molar-refractivity contribution < 1.29 is 9.59 Å². The first kappa shape index (κ1) is 8.68. The number of amides is 3. The van der Waals surface area contributed by atoms with Gasteiger partial charge in [-0.05, 0) is 12.1 Å². The van der Waals surface area contributed by atoms with Gasteiger partial charge in [0.2, 0.25) is 5.91 Å². The number of aromatic nitrogens is 1.